The molecule has 0 atom stereocenters. The minimum Gasteiger partial charge on any atom is -0.453 e. The first-order chi connectivity index (χ1) is 5.08. The molecule has 0 aromatic carbocycles. The van der Waals surface area contributed by atoms with Gasteiger partial charge in [-0.3, -0.25) is 0 Å². The number of rotatable bonds is 3. The van der Waals surface area contributed by atoms with Gasteiger partial charge in [0.05, 0.1) is 7.11 Å². The van der Waals surface area contributed by atoms with Crippen molar-refractivity contribution in [3.8, 4) is 0 Å². The van der Waals surface area contributed by atoms with E-state index in [1.54, 1.807) is 0 Å². The summed E-state index contributed by atoms with van der Waals surface area (Å²) >= 11 is 0. The van der Waals surface area contributed by atoms with E-state index in [4.69, 9.17) is 0 Å². The molecule has 0 aliphatic rings. The minimum absolute atomic E-state index is 0.118. The molecule has 66 valence electrons. The van der Waals surface area contributed by atoms with E-state index in [-0.39, 0.29) is 11.6 Å². The Kier molecular flexibility index (Phi) is 3.93. The summed E-state index contributed by atoms with van der Waals surface area (Å²) < 4.78 is 4.50. The molecule has 0 fully saturated rings. The molecule has 0 bridgehead atoms. The first-order valence-electron chi connectivity index (χ1n) is 3.94. The van der Waals surface area contributed by atoms with Gasteiger partial charge < -0.3 is 10.1 Å². The van der Waals surface area contributed by atoms with E-state index in [0.717, 1.165) is 12.8 Å². The van der Waals surface area contributed by atoms with E-state index in [2.05, 4.69) is 10.1 Å². The van der Waals surface area contributed by atoms with Crippen LogP contribution in [0.3, 0.4) is 0 Å². The van der Waals surface area contributed by atoms with Crippen molar-refractivity contribution in [1.29, 1.82) is 0 Å². The van der Waals surface area contributed by atoms with E-state index in [1.807, 2.05) is 20.8 Å². The van der Waals surface area contributed by atoms with Crippen LogP contribution in [0.15, 0.2) is 0 Å². The van der Waals surface area contributed by atoms with Gasteiger partial charge in [-0.15, -0.1) is 0 Å². The van der Waals surface area contributed by atoms with E-state index in [9.17, 15) is 4.79 Å². The zero-order valence-corrected chi connectivity index (χ0v) is 7.73. The summed E-state index contributed by atoms with van der Waals surface area (Å²) in [6, 6.07) is 0. The summed E-state index contributed by atoms with van der Waals surface area (Å²) in [7, 11) is 1.38. The maximum absolute atomic E-state index is 10.8. The van der Waals surface area contributed by atoms with Gasteiger partial charge in [-0.25, -0.2) is 4.79 Å². The molecule has 0 unspecified atom stereocenters. The Morgan fingerprint density at radius 3 is 2.18 bits per heavy atom. The zero-order chi connectivity index (χ0) is 8.91. The maximum atomic E-state index is 10.8. The molecule has 0 aliphatic heterocycles. The third kappa shape index (κ3) is 3.25. The van der Waals surface area contributed by atoms with Gasteiger partial charge in [0, 0.05) is 5.54 Å². The van der Waals surface area contributed by atoms with Crippen molar-refractivity contribution >= 4 is 6.09 Å². The summed E-state index contributed by atoms with van der Waals surface area (Å²) in [6.45, 7) is 6.09. The molecule has 3 heteroatoms. The molecule has 0 saturated heterocycles. The number of amides is 1. The maximum Gasteiger partial charge on any atom is 0.407 e. The predicted octanol–water partition coefficient (Wildman–Crippen LogP) is 1.92. The first-order valence-corrected chi connectivity index (χ1v) is 3.94. The second-order valence-electron chi connectivity index (χ2n) is 2.88. The molecule has 0 saturated carbocycles. The Hall–Kier alpha value is -0.730. The Labute approximate surface area is 68.1 Å². The Morgan fingerprint density at radius 1 is 1.45 bits per heavy atom. The normalized spacial score (nSPS) is 10.9. The van der Waals surface area contributed by atoms with Crippen LogP contribution in [0.1, 0.15) is 33.6 Å². The number of nitrogens with one attached hydrogen (secondary N) is 1. The summed E-state index contributed by atoms with van der Waals surface area (Å²) in [6.07, 6.45) is 1.48. The van der Waals surface area contributed by atoms with Gasteiger partial charge in [0.2, 0.25) is 0 Å². The van der Waals surface area contributed by atoms with Crippen LogP contribution in [0.2, 0.25) is 0 Å². The lowest BCUT2D eigenvalue weighted by molar-refractivity contribution is 0.155. The van der Waals surface area contributed by atoms with Gasteiger partial charge >= 0.3 is 6.09 Å². The van der Waals surface area contributed by atoms with Crippen LogP contribution in [0, 0.1) is 0 Å². The molecule has 0 radical (unpaired) electrons. The van der Waals surface area contributed by atoms with E-state index < -0.39 is 0 Å². The van der Waals surface area contributed by atoms with Crippen molar-refractivity contribution in [1.82, 2.24) is 5.32 Å². The number of methoxy groups -OCH3 is 1. The summed E-state index contributed by atoms with van der Waals surface area (Å²) in [5.74, 6) is 0. The molecule has 0 rings (SSSR count). The third-order valence-electron chi connectivity index (χ3n) is 2.15. The Bertz CT molecular complexity index is 130. The summed E-state index contributed by atoms with van der Waals surface area (Å²) in [5.41, 5.74) is -0.118. The lowest BCUT2D eigenvalue weighted by Crippen LogP contribution is -2.44. The third-order valence-corrected chi connectivity index (χ3v) is 2.15. The number of hydrogen-bond donors (Lipinski definition) is 1. The molecule has 0 spiro atoms. The molecule has 11 heavy (non-hydrogen) atoms. The summed E-state index contributed by atoms with van der Waals surface area (Å²) in [5, 5.41) is 2.78. The molecule has 3 nitrogen and oxygen atoms in total. The highest BCUT2D eigenvalue weighted by atomic mass is 16.5. The number of alkyl carbamates (subject to hydrolysis) is 1. The smallest absolute Gasteiger partial charge is 0.407 e. The highest BCUT2D eigenvalue weighted by molar-refractivity contribution is 5.67. The fourth-order valence-electron chi connectivity index (χ4n) is 0.724. The second-order valence-corrected chi connectivity index (χ2v) is 2.88. The predicted molar refractivity (Wildman–Crippen MR) is 44.5 cm³/mol. The Morgan fingerprint density at radius 2 is 1.91 bits per heavy atom. The van der Waals surface area contributed by atoms with Crippen molar-refractivity contribution in [2.24, 2.45) is 0 Å². The minimum atomic E-state index is -0.351. The van der Waals surface area contributed by atoms with Crippen LogP contribution in [0.5, 0.6) is 0 Å². The van der Waals surface area contributed by atoms with Crippen LogP contribution in [0.25, 0.3) is 0 Å². The highest BCUT2D eigenvalue weighted by Gasteiger charge is 2.21. The van der Waals surface area contributed by atoms with Crippen molar-refractivity contribution in [3.63, 3.8) is 0 Å². The number of hydrogen-bond acceptors (Lipinski definition) is 2. The fourth-order valence-corrected chi connectivity index (χ4v) is 0.724. The van der Waals surface area contributed by atoms with E-state index in [0.29, 0.717) is 0 Å². The van der Waals surface area contributed by atoms with Gasteiger partial charge in [0.25, 0.3) is 0 Å². The molecule has 0 heterocycles. The molecular formula is C8H17NO2. The lowest BCUT2D eigenvalue weighted by atomic mass is 9.96. The average molecular weight is 159 g/mol. The van der Waals surface area contributed by atoms with Gasteiger partial charge in [-0.05, 0) is 19.8 Å². The van der Waals surface area contributed by atoms with Crippen LogP contribution >= 0.6 is 0 Å². The standard InChI is InChI=1S/C8H17NO2/c1-5-8(3,6-2)9-7(10)11-4/h5-6H2,1-4H3,(H,9,10). The molecule has 0 aromatic rings. The highest BCUT2D eigenvalue weighted by Crippen LogP contribution is 2.13. The second kappa shape index (κ2) is 4.21. The van der Waals surface area contributed by atoms with Crippen molar-refractivity contribution in [2.75, 3.05) is 7.11 Å². The van der Waals surface area contributed by atoms with Crippen molar-refractivity contribution in [3.05, 3.63) is 0 Å². The SMILES string of the molecule is CCC(C)(CC)NC(=O)OC. The monoisotopic (exact) mass is 159 g/mol. The van der Waals surface area contributed by atoms with Crippen LogP contribution in [-0.4, -0.2) is 18.7 Å². The van der Waals surface area contributed by atoms with Crippen LogP contribution in [0.4, 0.5) is 4.79 Å². The first kappa shape index (κ1) is 10.3. The van der Waals surface area contributed by atoms with Crippen LogP contribution in [-0.2, 0) is 4.74 Å². The molecule has 1 amide bonds. The zero-order valence-electron chi connectivity index (χ0n) is 7.73. The lowest BCUT2D eigenvalue weighted by Gasteiger charge is -2.26. The van der Waals surface area contributed by atoms with Gasteiger partial charge in [-0.2, -0.15) is 0 Å². The molecule has 0 aliphatic carbocycles. The largest absolute Gasteiger partial charge is 0.453 e. The van der Waals surface area contributed by atoms with Crippen molar-refractivity contribution < 1.29 is 9.53 Å². The van der Waals surface area contributed by atoms with Gasteiger partial charge in [0.15, 0.2) is 0 Å². The topological polar surface area (TPSA) is 38.3 Å². The van der Waals surface area contributed by atoms with Gasteiger partial charge in [-0.1, -0.05) is 13.8 Å². The van der Waals surface area contributed by atoms with E-state index in [1.165, 1.54) is 7.11 Å². The summed E-state index contributed by atoms with van der Waals surface area (Å²) in [4.78, 5) is 10.8. The molecule has 0 aromatic heterocycles. The quantitative estimate of drug-likeness (QED) is 0.683. The molecular weight excluding hydrogens is 142 g/mol. The Balaban J connectivity index is 3.96. The van der Waals surface area contributed by atoms with Gasteiger partial charge in [0.1, 0.15) is 0 Å². The number of carbonyl (C=O) groups excluding carboxylic acids is 1. The van der Waals surface area contributed by atoms with Crippen molar-refractivity contribution in [2.45, 2.75) is 39.2 Å². The fraction of sp³-hybridized carbons (Fsp3) is 0.875. The number of ether oxygens (including phenoxy) is 1. The molecule has 1 N–H and O–H groups in total. The van der Waals surface area contributed by atoms with E-state index >= 15 is 0 Å². The average Bonchev–Trinajstić information content (AvgIpc) is 2.04. The number of carbonyl (C=O) groups is 1. The van der Waals surface area contributed by atoms with Crippen LogP contribution < -0.4 is 5.32 Å².